The van der Waals surface area contributed by atoms with Crippen molar-refractivity contribution in [1.29, 1.82) is 0 Å². The monoisotopic (exact) mass is 272 g/mol. The van der Waals surface area contributed by atoms with E-state index in [-0.39, 0.29) is 11.7 Å². The van der Waals surface area contributed by atoms with Crippen LogP contribution in [0.15, 0.2) is 48.5 Å². The van der Waals surface area contributed by atoms with Crippen LogP contribution >= 0.6 is 0 Å². The van der Waals surface area contributed by atoms with Crippen LogP contribution in [0.5, 0.6) is 11.5 Å². The quantitative estimate of drug-likeness (QED) is 0.666. The number of hydrogen-bond donors (Lipinski definition) is 1. The van der Waals surface area contributed by atoms with E-state index in [0.717, 1.165) is 11.3 Å². The van der Waals surface area contributed by atoms with Gasteiger partial charge in [-0.1, -0.05) is 18.2 Å². The number of nitrogens with one attached hydrogen (secondary N) is 1. The summed E-state index contributed by atoms with van der Waals surface area (Å²) in [6.45, 7) is 2.04. The Balaban J connectivity index is 2.23. The Morgan fingerprint density at radius 3 is 2.40 bits per heavy atom. The van der Waals surface area contributed by atoms with Crippen LogP contribution in [0.3, 0.4) is 0 Å². The molecule has 5 nitrogen and oxygen atoms in total. The summed E-state index contributed by atoms with van der Waals surface area (Å²) in [6, 6.07) is 13.9. The number of nitro benzene ring substituents is 1. The highest BCUT2D eigenvalue weighted by molar-refractivity contribution is 5.42. The van der Waals surface area contributed by atoms with E-state index in [2.05, 4.69) is 5.32 Å². The minimum atomic E-state index is -0.430. The second kappa shape index (κ2) is 6.16. The Labute approximate surface area is 117 Å². The molecular formula is C15H16N2O3. The largest absolute Gasteiger partial charge is 0.457 e. The van der Waals surface area contributed by atoms with Crippen LogP contribution in [0.2, 0.25) is 0 Å². The molecule has 2 rings (SSSR count). The maximum absolute atomic E-state index is 10.6. The number of nitro groups is 1. The number of nitrogens with zero attached hydrogens (tertiary/aromatic N) is 1. The Morgan fingerprint density at radius 2 is 1.80 bits per heavy atom. The normalized spacial score (nSPS) is 11.9. The molecule has 0 heterocycles. The zero-order valence-electron chi connectivity index (χ0n) is 11.4. The number of ether oxygens (including phenoxy) is 1. The van der Waals surface area contributed by atoms with Crippen LogP contribution in [-0.2, 0) is 0 Å². The van der Waals surface area contributed by atoms with E-state index < -0.39 is 4.92 Å². The number of rotatable bonds is 5. The molecule has 0 aliphatic carbocycles. The van der Waals surface area contributed by atoms with Gasteiger partial charge in [0.2, 0.25) is 0 Å². The Hall–Kier alpha value is -2.40. The third-order valence-corrected chi connectivity index (χ3v) is 3.09. The highest BCUT2D eigenvalue weighted by atomic mass is 16.6. The van der Waals surface area contributed by atoms with Crippen molar-refractivity contribution in [2.75, 3.05) is 7.05 Å². The molecule has 0 aromatic heterocycles. The molecule has 104 valence electrons. The van der Waals surface area contributed by atoms with Crippen LogP contribution in [-0.4, -0.2) is 12.0 Å². The first kappa shape index (κ1) is 14.0. The summed E-state index contributed by atoms with van der Waals surface area (Å²) < 4.78 is 5.80. The first-order chi connectivity index (χ1) is 9.61. The van der Waals surface area contributed by atoms with Gasteiger partial charge >= 0.3 is 0 Å². The zero-order chi connectivity index (χ0) is 14.5. The van der Waals surface area contributed by atoms with E-state index in [1.165, 1.54) is 12.1 Å². The van der Waals surface area contributed by atoms with Gasteiger partial charge in [-0.3, -0.25) is 10.1 Å². The summed E-state index contributed by atoms with van der Waals surface area (Å²) in [5.41, 5.74) is 1.09. The molecule has 5 heteroatoms. The average molecular weight is 272 g/mol. The molecule has 1 unspecified atom stereocenters. The van der Waals surface area contributed by atoms with Crippen LogP contribution < -0.4 is 10.1 Å². The van der Waals surface area contributed by atoms with E-state index in [4.69, 9.17) is 4.74 Å². The van der Waals surface area contributed by atoms with Gasteiger partial charge < -0.3 is 10.1 Å². The highest BCUT2D eigenvalue weighted by Crippen LogP contribution is 2.30. The minimum absolute atomic E-state index is 0.0502. The fraction of sp³-hybridized carbons (Fsp3) is 0.200. The summed E-state index contributed by atoms with van der Waals surface area (Å²) in [6.07, 6.45) is 0. The summed E-state index contributed by atoms with van der Waals surface area (Å²) in [5, 5.41) is 13.8. The lowest BCUT2D eigenvalue weighted by atomic mass is 10.1. The second-order valence-electron chi connectivity index (χ2n) is 4.40. The molecule has 0 saturated carbocycles. The lowest BCUT2D eigenvalue weighted by molar-refractivity contribution is -0.384. The first-order valence-electron chi connectivity index (χ1n) is 6.30. The van der Waals surface area contributed by atoms with E-state index >= 15 is 0 Å². The second-order valence-corrected chi connectivity index (χ2v) is 4.40. The van der Waals surface area contributed by atoms with E-state index in [9.17, 15) is 10.1 Å². The Morgan fingerprint density at radius 1 is 1.15 bits per heavy atom. The maximum atomic E-state index is 10.6. The zero-order valence-corrected chi connectivity index (χ0v) is 11.4. The molecule has 2 aromatic rings. The molecule has 0 bridgehead atoms. The topological polar surface area (TPSA) is 64.4 Å². The van der Waals surface area contributed by atoms with Gasteiger partial charge in [0.1, 0.15) is 11.5 Å². The molecule has 1 N–H and O–H groups in total. The maximum Gasteiger partial charge on any atom is 0.269 e. The van der Waals surface area contributed by atoms with Crippen molar-refractivity contribution in [1.82, 2.24) is 5.32 Å². The van der Waals surface area contributed by atoms with Gasteiger partial charge in [-0.25, -0.2) is 0 Å². The van der Waals surface area contributed by atoms with Gasteiger partial charge in [-0.05, 0) is 32.2 Å². The molecule has 0 spiro atoms. The molecule has 0 radical (unpaired) electrons. The molecule has 1 atom stereocenters. The lowest BCUT2D eigenvalue weighted by Crippen LogP contribution is -2.13. The smallest absolute Gasteiger partial charge is 0.269 e. The molecular weight excluding hydrogens is 256 g/mol. The van der Waals surface area contributed by atoms with Crippen molar-refractivity contribution >= 4 is 5.69 Å². The fourth-order valence-corrected chi connectivity index (χ4v) is 1.85. The standard InChI is InChI=1S/C15H16N2O3/c1-11(16-2)14-5-3-4-6-15(14)20-13-9-7-12(8-10-13)17(18)19/h3-11,16H,1-2H3. The lowest BCUT2D eigenvalue weighted by Gasteiger charge is -2.16. The van der Waals surface area contributed by atoms with E-state index in [1.807, 2.05) is 38.2 Å². The number of para-hydroxylation sites is 1. The molecule has 20 heavy (non-hydrogen) atoms. The van der Waals surface area contributed by atoms with Crippen molar-refractivity contribution < 1.29 is 9.66 Å². The SMILES string of the molecule is CNC(C)c1ccccc1Oc1ccc([N+](=O)[O-])cc1. The summed E-state index contributed by atoms with van der Waals surface area (Å²) in [4.78, 5) is 10.2. The van der Waals surface area contributed by atoms with Crippen molar-refractivity contribution in [2.45, 2.75) is 13.0 Å². The van der Waals surface area contributed by atoms with Crippen molar-refractivity contribution in [3.05, 3.63) is 64.2 Å². The van der Waals surface area contributed by atoms with Crippen LogP contribution in [0.25, 0.3) is 0 Å². The molecule has 0 fully saturated rings. The third kappa shape index (κ3) is 3.13. The Bertz CT molecular complexity index is 596. The molecule has 0 amide bonds. The molecule has 0 aliphatic heterocycles. The van der Waals surface area contributed by atoms with Crippen LogP contribution in [0.4, 0.5) is 5.69 Å². The summed E-state index contributed by atoms with van der Waals surface area (Å²) in [5.74, 6) is 1.31. The van der Waals surface area contributed by atoms with Crippen molar-refractivity contribution in [3.8, 4) is 11.5 Å². The molecule has 2 aromatic carbocycles. The van der Waals surface area contributed by atoms with E-state index in [0.29, 0.717) is 5.75 Å². The van der Waals surface area contributed by atoms with Gasteiger partial charge in [0.25, 0.3) is 5.69 Å². The summed E-state index contributed by atoms with van der Waals surface area (Å²) >= 11 is 0. The number of benzene rings is 2. The Kier molecular flexibility index (Phi) is 4.32. The predicted octanol–water partition coefficient (Wildman–Crippen LogP) is 3.67. The van der Waals surface area contributed by atoms with Gasteiger partial charge in [-0.15, -0.1) is 0 Å². The average Bonchev–Trinajstić information content (AvgIpc) is 2.47. The van der Waals surface area contributed by atoms with Crippen molar-refractivity contribution in [2.24, 2.45) is 0 Å². The fourth-order valence-electron chi connectivity index (χ4n) is 1.85. The first-order valence-corrected chi connectivity index (χ1v) is 6.30. The summed E-state index contributed by atoms with van der Waals surface area (Å²) in [7, 11) is 1.88. The van der Waals surface area contributed by atoms with Gasteiger partial charge in [-0.2, -0.15) is 0 Å². The van der Waals surface area contributed by atoms with Crippen LogP contribution in [0.1, 0.15) is 18.5 Å². The number of hydrogen-bond acceptors (Lipinski definition) is 4. The minimum Gasteiger partial charge on any atom is -0.457 e. The van der Waals surface area contributed by atoms with Crippen molar-refractivity contribution in [3.63, 3.8) is 0 Å². The molecule has 0 saturated heterocycles. The van der Waals surface area contributed by atoms with Gasteiger partial charge in [0, 0.05) is 23.7 Å². The van der Waals surface area contributed by atoms with Crippen LogP contribution in [0, 0.1) is 10.1 Å². The predicted molar refractivity (Wildman–Crippen MR) is 77.1 cm³/mol. The van der Waals surface area contributed by atoms with E-state index in [1.54, 1.807) is 12.1 Å². The number of non-ortho nitro benzene ring substituents is 1. The van der Waals surface area contributed by atoms with Gasteiger partial charge in [0.15, 0.2) is 0 Å². The van der Waals surface area contributed by atoms with Gasteiger partial charge in [0.05, 0.1) is 4.92 Å². The molecule has 0 aliphatic rings. The highest BCUT2D eigenvalue weighted by Gasteiger charge is 2.11. The third-order valence-electron chi connectivity index (χ3n) is 3.09.